The monoisotopic (exact) mass is 436 g/mol. The van der Waals surface area contributed by atoms with Crippen LogP contribution in [0.2, 0.25) is 10.0 Å². The second-order valence-corrected chi connectivity index (χ2v) is 7.97. The lowest BCUT2D eigenvalue weighted by Crippen LogP contribution is -2.27. The predicted molar refractivity (Wildman–Crippen MR) is 110 cm³/mol. The first-order chi connectivity index (χ1) is 13.5. The molecule has 4 rings (SSSR count). The lowest BCUT2D eigenvalue weighted by Gasteiger charge is -2.11. The molecule has 28 heavy (non-hydrogen) atoms. The van der Waals surface area contributed by atoms with E-state index in [-0.39, 0.29) is 5.91 Å². The maximum absolute atomic E-state index is 12.8. The van der Waals surface area contributed by atoms with Gasteiger partial charge in [-0.05, 0) is 43.3 Å². The normalized spacial score (nSPS) is 13.7. The van der Waals surface area contributed by atoms with Crippen LogP contribution in [0.15, 0.2) is 24.4 Å². The Balaban J connectivity index is 1.54. The summed E-state index contributed by atoms with van der Waals surface area (Å²) in [6.07, 6.45) is 4.24. The number of hydrogen-bond acceptors (Lipinski definition) is 4. The fourth-order valence-corrected chi connectivity index (χ4v) is 3.75. The van der Waals surface area contributed by atoms with E-state index in [1.165, 1.54) is 0 Å². The summed E-state index contributed by atoms with van der Waals surface area (Å²) in [6.45, 7) is 0.448. The van der Waals surface area contributed by atoms with Gasteiger partial charge in [0.05, 0.1) is 28.2 Å². The lowest BCUT2D eigenvalue weighted by molar-refractivity contribution is 0.0953. The molecule has 1 aliphatic carbocycles. The van der Waals surface area contributed by atoms with Crippen LogP contribution in [-0.2, 0) is 13.5 Å². The number of nitrogens with zero attached hydrogens (tertiary/aromatic N) is 4. The van der Waals surface area contributed by atoms with Gasteiger partial charge in [0, 0.05) is 31.0 Å². The van der Waals surface area contributed by atoms with Crippen molar-refractivity contribution in [3.8, 4) is 5.69 Å². The molecule has 0 unspecified atom stereocenters. The van der Waals surface area contributed by atoms with Crippen molar-refractivity contribution in [3.05, 3.63) is 56.3 Å². The smallest absolute Gasteiger partial charge is 0.254 e. The largest absolute Gasteiger partial charge is 0.351 e. The van der Waals surface area contributed by atoms with E-state index < -0.39 is 0 Å². The summed E-state index contributed by atoms with van der Waals surface area (Å²) in [5, 5.41) is 15.3. The number of hydrogen-bond donors (Lipinski definition) is 2. The molecule has 0 atom stereocenters. The van der Waals surface area contributed by atoms with E-state index in [1.807, 2.05) is 13.1 Å². The van der Waals surface area contributed by atoms with Gasteiger partial charge in [-0.2, -0.15) is 10.2 Å². The number of carbonyl (C=O) groups is 1. The third kappa shape index (κ3) is 3.72. The fourth-order valence-electron chi connectivity index (χ4n) is 3.11. The first-order valence-electron chi connectivity index (χ1n) is 8.87. The summed E-state index contributed by atoms with van der Waals surface area (Å²) < 4.78 is 4.10. The molecule has 2 aromatic heterocycles. The van der Waals surface area contributed by atoms with Crippen molar-refractivity contribution < 1.29 is 4.79 Å². The van der Waals surface area contributed by atoms with Crippen molar-refractivity contribution in [2.75, 3.05) is 6.54 Å². The van der Waals surface area contributed by atoms with Gasteiger partial charge in [0.15, 0.2) is 4.77 Å². The average Bonchev–Trinajstić information content (AvgIpc) is 3.33. The molecule has 0 aliphatic heterocycles. The molecule has 2 N–H and O–H groups in total. The maximum Gasteiger partial charge on any atom is 0.254 e. The zero-order valence-electron chi connectivity index (χ0n) is 15.1. The van der Waals surface area contributed by atoms with Gasteiger partial charge in [0.25, 0.3) is 5.91 Å². The Morgan fingerprint density at radius 3 is 2.82 bits per heavy atom. The van der Waals surface area contributed by atoms with Crippen molar-refractivity contribution in [3.63, 3.8) is 0 Å². The molecule has 7 nitrogen and oxygen atoms in total. The Kier molecular flexibility index (Phi) is 5.27. The maximum atomic E-state index is 12.8. The van der Waals surface area contributed by atoms with Gasteiger partial charge in [0.2, 0.25) is 0 Å². The van der Waals surface area contributed by atoms with Crippen LogP contribution >= 0.6 is 35.4 Å². The Bertz CT molecular complexity index is 1100. The highest BCUT2D eigenvalue weighted by Crippen LogP contribution is 2.43. The summed E-state index contributed by atoms with van der Waals surface area (Å²) in [6, 6.07) is 5.25. The van der Waals surface area contributed by atoms with Gasteiger partial charge >= 0.3 is 0 Å². The number of halogens is 2. The molecule has 1 aliphatic rings. The van der Waals surface area contributed by atoms with E-state index in [4.69, 9.17) is 35.4 Å². The molecule has 146 valence electrons. The van der Waals surface area contributed by atoms with Crippen LogP contribution in [0.1, 0.15) is 40.6 Å². The highest BCUT2D eigenvalue weighted by molar-refractivity contribution is 7.71. The number of benzene rings is 1. The Morgan fingerprint density at radius 2 is 2.18 bits per heavy atom. The standard InChI is InChI=1S/C18H18Cl2N6OS/c1-25-15(23-24-18(25)28)6-7-21-17(27)12-9-22-26(16(12)10-2-3-10)14-5-4-11(19)8-13(14)20/h4-5,8-10H,2-3,6-7H2,1H3,(H,21,27)(H,24,28). The van der Waals surface area contributed by atoms with Gasteiger partial charge in [0.1, 0.15) is 5.82 Å². The van der Waals surface area contributed by atoms with Crippen LogP contribution in [0.4, 0.5) is 0 Å². The van der Waals surface area contributed by atoms with E-state index in [1.54, 1.807) is 27.6 Å². The van der Waals surface area contributed by atoms with Crippen molar-refractivity contribution in [2.45, 2.75) is 25.2 Å². The lowest BCUT2D eigenvalue weighted by atomic mass is 10.1. The van der Waals surface area contributed by atoms with E-state index in [9.17, 15) is 4.79 Å². The van der Waals surface area contributed by atoms with Crippen molar-refractivity contribution >= 4 is 41.3 Å². The van der Waals surface area contributed by atoms with E-state index in [0.29, 0.717) is 45.0 Å². The van der Waals surface area contributed by atoms with Gasteiger partial charge < -0.3 is 9.88 Å². The molecule has 3 aromatic rings. The SMILES string of the molecule is Cn1c(CCNC(=O)c2cnn(-c3ccc(Cl)cc3Cl)c2C2CC2)n[nH]c1=S. The zero-order valence-corrected chi connectivity index (χ0v) is 17.4. The highest BCUT2D eigenvalue weighted by atomic mass is 35.5. The summed E-state index contributed by atoms with van der Waals surface area (Å²) in [7, 11) is 1.84. The predicted octanol–water partition coefficient (Wildman–Crippen LogP) is 3.82. The minimum Gasteiger partial charge on any atom is -0.351 e. The topological polar surface area (TPSA) is 80.5 Å². The molecule has 0 bridgehead atoms. The molecule has 2 heterocycles. The Morgan fingerprint density at radius 1 is 1.39 bits per heavy atom. The summed E-state index contributed by atoms with van der Waals surface area (Å²) in [4.78, 5) is 12.8. The number of amides is 1. The first-order valence-corrected chi connectivity index (χ1v) is 10.0. The van der Waals surface area contributed by atoms with Crippen LogP contribution < -0.4 is 5.32 Å². The minimum absolute atomic E-state index is 0.157. The van der Waals surface area contributed by atoms with E-state index in [2.05, 4.69) is 20.6 Å². The molecule has 1 saturated carbocycles. The number of aromatic nitrogens is 5. The average molecular weight is 437 g/mol. The second kappa shape index (κ2) is 7.69. The second-order valence-electron chi connectivity index (χ2n) is 6.74. The van der Waals surface area contributed by atoms with Crippen molar-refractivity contribution in [1.29, 1.82) is 0 Å². The van der Waals surface area contributed by atoms with E-state index in [0.717, 1.165) is 24.4 Å². The van der Waals surface area contributed by atoms with Crippen molar-refractivity contribution in [1.82, 2.24) is 29.9 Å². The molecule has 0 radical (unpaired) electrons. The quantitative estimate of drug-likeness (QED) is 0.575. The highest BCUT2D eigenvalue weighted by Gasteiger charge is 2.33. The molecular weight excluding hydrogens is 419 g/mol. The minimum atomic E-state index is -0.157. The zero-order chi connectivity index (χ0) is 19.8. The van der Waals surface area contributed by atoms with Crippen molar-refractivity contribution in [2.24, 2.45) is 7.05 Å². The van der Waals surface area contributed by atoms with Crippen LogP contribution in [0.25, 0.3) is 5.69 Å². The number of nitrogens with one attached hydrogen (secondary N) is 2. The molecule has 1 fully saturated rings. The van der Waals surface area contributed by atoms with E-state index >= 15 is 0 Å². The van der Waals surface area contributed by atoms with Crippen LogP contribution in [0, 0.1) is 4.77 Å². The Hall–Kier alpha value is -2.16. The summed E-state index contributed by atoms with van der Waals surface area (Å²) in [5.41, 5.74) is 2.18. The third-order valence-corrected chi connectivity index (χ3v) is 5.66. The third-order valence-electron chi connectivity index (χ3n) is 4.76. The van der Waals surface area contributed by atoms with Gasteiger partial charge in [-0.25, -0.2) is 4.68 Å². The number of carbonyl (C=O) groups excluding carboxylic acids is 1. The molecular formula is C18H18Cl2N6OS. The van der Waals surface area contributed by atoms with Gasteiger partial charge in [-0.1, -0.05) is 23.2 Å². The first kappa shape index (κ1) is 19.2. The fraction of sp³-hybridized carbons (Fsp3) is 0.333. The number of H-pyrrole nitrogens is 1. The molecule has 10 heteroatoms. The number of aromatic amines is 1. The van der Waals surface area contributed by atoms with Crippen LogP contribution in [0.5, 0.6) is 0 Å². The Labute approximate surface area is 176 Å². The summed E-state index contributed by atoms with van der Waals surface area (Å²) >= 11 is 17.5. The molecule has 1 amide bonds. The van der Waals surface area contributed by atoms with Gasteiger partial charge in [-0.3, -0.25) is 9.89 Å². The number of rotatable bonds is 6. The molecule has 0 spiro atoms. The molecule has 0 saturated heterocycles. The van der Waals surface area contributed by atoms with Gasteiger partial charge in [-0.15, -0.1) is 0 Å². The summed E-state index contributed by atoms with van der Waals surface area (Å²) in [5.74, 6) is 0.938. The molecule has 1 aromatic carbocycles. The van der Waals surface area contributed by atoms with Crippen LogP contribution in [-0.4, -0.2) is 37.0 Å². The van der Waals surface area contributed by atoms with Crippen LogP contribution in [0.3, 0.4) is 0 Å².